The van der Waals surface area contributed by atoms with Gasteiger partial charge in [-0.2, -0.15) is 5.10 Å². The summed E-state index contributed by atoms with van der Waals surface area (Å²) in [5.74, 6) is 0.127. The minimum atomic E-state index is -0.900. The largest absolute Gasteiger partial charge is 0.325 e. The summed E-state index contributed by atoms with van der Waals surface area (Å²) in [5, 5.41) is 10.3. The molecule has 0 bridgehead atoms. The minimum absolute atomic E-state index is 0.176. The molecule has 2 N–H and O–H groups in total. The lowest BCUT2D eigenvalue weighted by molar-refractivity contribution is -0.130. The van der Waals surface area contributed by atoms with Gasteiger partial charge in [0.2, 0.25) is 5.91 Å². The van der Waals surface area contributed by atoms with Crippen molar-refractivity contribution < 1.29 is 14.4 Å². The maximum absolute atomic E-state index is 12.6. The van der Waals surface area contributed by atoms with Gasteiger partial charge in [0.05, 0.1) is 11.4 Å². The Labute approximate surface area is 183 Å². The number of benzene rings is 1. The number of amides is 4. The molecule has 1 fully saturated rings. The van der Waals surface area contributed by atoms with E-state index in [4.69, 9.17) is 5.10 Å². The number of hydrogen-bond acceptors (Lipinski definition) is 4. The monoisotopic (exact) mass is 425 g/mol. The van der Waals surface area contributed by atoms with Gasteiger partial charge in [-0.3, -0.25) is 14.5 Å². The molecule has 1 aromatic carbocycles. The Balaban J connectivity index is 1.70. The first-order chi connectivity index (χ1) is 14.4. The van der Waals surface area contributed by atoms with Crippen LogP contribution in [0.15, 0.2) is 30.3 Å². The number of rotatable bonds is 6. The summed E-state index contributed by atoms with van der Waals surface area (Å²) in [7, 11) is 0. The second-order valence-corrected chi connectivity index (χ2v) is 9.58. The van der Waals surface area contributed by atoms with Crippen LogP contribution in [0.3, 0.4) is 0 Å². The number of aryl methyl sites for hydroxylation is 1. The van der Waals surface area contributed by atoms with Crippen LogP contribution in [0.25, 0.3) is 5.69 Å². The molecule has 0 aliphatic carbocycles. The number of imide groups is 1. The third-order valence-corrected chi connectivity index (χ3v) is 5.22. The predicted octanol–water partition coefficient (Wildman–Crippen LogP) is 3.53. The summed E-state index contributed by atoms with van der Waals surface area (Å²) in [6.45, 7) is 11.8. The number of carbonyl (C=O) groups excluding carboxylic acids is 3. The maximum Gasteiger partial charge on any atom is 0.325 e. The fourth-order valence-corrected chi connectivity index (χ4v) is 3.42. The highest BCUT2D eigenvalue weighted by Crippen LogP contribution is 2.27. The SMILES string of the molecule is Cc1cccc(-n2nc(C(C)(C)C)cc2NC(=O)CCCN2C(=O)NC(C)(C)C2=O)c1. The van der Waals surface area contributed by atoms with E-state index in [1.807, 2.05) is 37.3 Å². The van der Waals surface area contributed by atoms with E-state index >= 15 is 0 Å². The van der Waals surface area contributed by atoms with Crippen molar-refractivity contribution in [1.82, 2.24) is 20.0 Å². The second kappa shape index (κ2) is 8.17. The van der Waals surface area contributed by atoms with Gasteiger partial charge in [-0.25, -0.2) is 9.48 Å². The number of nitrogens with zero attached hydrogens (tertiary/aromatic N) is 3. The van der Waals surface area contributed by atoms with E-state index in [1.54, 1.807) is 18.5 Å². The first kappa shape index (κ1) is 22.5. The van der Waals surface area contributed by atoms with Crippen LogP contribution in [0.4, 0.5) is 10.6 Å². The smallest absolute Gasteiger partial charge is 0.324 e. The van der Waals surface area contributed by atoms with Crippen LogP contribution in [0, 0.1) is 6.92 Å². The van der Waals surface area contributed by atoms with Crippen molar-refractivity contribution in [2.45, 2.75) is 65.3 Å². The van der Waals surface area contributed by atoms with Crippen molar-refractivity contribution in [1.29, 1.82) is 0 Å². The Morgan fingerprint density at radius 1 is 1.19 bits per heavy atom. The van der Waals surface area contributed by atoms with Crippen LogP contribution in [-0.2, 0) is 15.0 Å². The average Bonchev–Trinajstić information content (AvgIpc) is 3.15. The van der Waals surface area contributed by atoms with E-state index in [1.165, 1.54) is 4.90 Å². The summed E-state index contributed by atoms with van der Waals surface area (Å²) in [6, 6.07) is 9.39. The highest BCUT2D eigenvalue weighted by Gasteiger charge is 2.43. The first-order valence-corrected chi connectivity index (χ1v) is 10.5. The van der Waals surface area contributed by atoms with Crippen molar-refractivity contribution in [3.05, 3.63) is 41.6 Å². The molecule has 31 heavy (non-hydrogen) atoms. The normalized spacial score (nSPS) is 15.9. The Morgan fingerprint density at radius 2 is 1.90 bits per heavy atom. The standard InChI is InChI=1S/C23H31N5O3/c1-15-9-7-10-16(13-15)28-18(14-17(26-28)22(2,3)4)24-19(29)11-8-12-27-20(30)23(5,6)25-21(27)31/h7,9-10,13-14H,8,11-12H2,1-6H3,(H,24,29)(H,25,31). The van der Waals surface area contributed by atoms with E-state index in [-0.39, 0.29) is 30.2 Å². The Kier molecular flexibility index (Phi) is 5.93. The zero-order chi connectivity index (χ0) is 23.0. The molecule has 0 saturated carbocycles. The van der Waals surface area contributed by atoms with Gasteiger partial charge in [-0.05, 0) is 44.9 Å². The highest BCUT2D eigenvalue weighted by molar-refractivity contribution is 6.06. The van der Waals surface area contributed by atoms with Crippen molar-refractivity contribution in [3.63, 3.8) is 0 Å². The minimum Gasteiger partial charge on any atom is -0.324 e. The molecular formula is C23H31N5O3. The van der Waals surface area contributed by atoms with Gasteiger partial charge in [0.1, 0.15) is 11.4 Å². The Bertz CT molecular complexity index is 1020. The van der Waals surface area contributed by atoms with Gasteiger partial charge in [-0.1, -0.05) is 32.9 Å². The molecule has 4 amide bonds. The van der Waals surface area contributed by atoms with E-state index < -0.39 is 11.6 Å². The molecule has 8 nitrogen and oxygen atoms in total. The third-order valence-electron chi connectivity index (χ3n) is 5.22. The zero-order valence-electron chi connectivity index (χ0n) is 19.1. The number of carbonyl (C=O) groups is 3. The van der Waals surface area contributed by atoms with Crippen LogP contribution < -0.4 is 10.6 Å². The topological polar surface area (TPSA) is 96.3 Å². The third kappa shape index (κ3) is 4.95. The van der Waals surface area contributed by atoms with Gasteiger partial charge in [0, 0.05) is 24.4 Å². The Hall–Kier alpha value is -3.16. The van der Waals surface area contributed by atoms with Gasteiger partial charge >= 0.3 is 6.03 Å². The summed E-state index contributed by atoms with van der Waals surface area (Å²) in [4.78, 5) is 38.0. The highest BCUT2D eigenvalue weighted by atomic mass is 16.2. The Morgan fingerprint density at radius 3 is 2.48 bits per heavy atom. The number of nitrogens with one attached hydrogen (secondary N) is 2. The molecule has 2 heterocycles. The molecule has 0 unspecified atom stereocenters. The van der Waals surface area contributed by atoms with Crippen molar-refractivity contribution in [2.24, 2.45) is 0 Å². The first-order valence-electron chi connectivity index (χ1n) is 10.5. The van der Waals surface area contributed by atoms with Crippen molar-refractivity contribution in [2.75, 3.05) is 11.9 Å². The molecule has 0 spiro atoms. The van der Waals surface area contributed by atoms with Gasteiger partial charge in [0.25, 0.3) is 5.91 Å². The average molecular weight is 426 g/mol. The maximum atomic E-state index is 12.6. The lowest BCUT2D eigenvalue weighted by Crippen LogP contribution is -2.40. The van der Waals surface area contributed by atoms with Crippen LogP contribution in [0.1, 0.15) is 58.7 Å². The molecule has 8 heteroatoms. The zero-order valence-corrected chi connectivity index (χ0v) is 19.1. The molecule has 0 radical (unpaired) electrons. The van der Waals surface area contributed by atoms with Crippen LogP contribution >= 0.6 is 0 Å². The molecule has 3 rings (SSSR count). The van der Waals surface area contributed by atoms with E-state index in [9.17, 15) is 14.4 Å². The summed E-state index contributed by atoms with van der Waals surface area (Å²) in [5.41, 5.74) is 1.76. The summed E-state index contributed by atoms with van der Waals surface area (Å²) < 4.78 is 1.74. The molecule has 1 aliphatic rings. The van der Waals surface area contributed by atoms with Crippen LogP contribution in [-0.4, -0.2) is 44.6 Å². The molecular weight excluding hydrogens is 394 g/mol. The van der Waals surface area contributed by atoms with Crippen molar-refractivity contribution >= 4 is 23.7 Å². The van der Waals surface area contributed by atoms with Gasteiger partial charge < -0.3 is 10.6 Å². The van der Waals surface area contributed by atoms with Gasteiger partial charge in [0.15, 0.2) is 0 Å². The predicted molar refractivity (Wildman–Crippen MR) is 119 cm³/mol. The summed E-state index contributed by atoms with van der Waals surface area (Å²) in [6.07, 6.45) is 0.563. The van der Waals surface area contributed by atoms with Crippen LogP contribution in [0.5, 0.6) is 0 Å². The summed E-state index contributed by atoms with van der Waals surface area (Å²) >= 11 is 0. The van der Waals surface area contributed by atoms with Gasteiger partial charge in [-0.15, -0.1) is 0 Å². The molecule has 166 valence electrons. The number of aromatic nitrogens is 2. The van der Waals surface area contributed by atoms with Crippen molar-refractivity contribution in [3.8, 4) is 5.69 Å². The number of hydrogen-bond donors (Lipinski definition) is 2. The molecule has 1 aromatic heterocycles. The lowest BCUT2D eigenvalue weighted by atomic mass is 9.92. The van der Waals surface area contributed by atoms with Crippen LogP contribution in [0.2, 0.25) is 0 Å². The molecule has 2 aromatic rings. The molecule has 0 atom stereocenters. The number of urea groups is 1. The fourth-order valence-electron chi connectivity index (χ4n) is 3.42. The fraction of sp³-hybridized carbons (Fsp3) is 0.478. The second-order valence-electron chi connectivity index (χ2n) is 9.58. The van der Waals surface area contributed by atoms with E-state index in [2.05, 4.69) is 31.4 Å². The molecule has 1 aliphatic heterocycles. The molecule has 1 saturated heterocycles. The quantitative estimate of drug-likeness (QED) is 0.692. The van der Waals surface area contributed by atoms with E-state index in [0.29, 0.717) is 12.2 Å². The number of anilines is 1. The van der Waals surface area contributed by atoms with E-state index in [0.717, 1.165) is 16.9 Å². The lowest BCUT2D eigenvalue weighted by Gasteiger charge is -2.15.